The summed E-state index contributed by atoms with van der Waals surface area (Å²) in [6.45, 7) is 10.6. The predicted molar refractivity (Wildman–Crippen MR) is 81.0 cm³/mol. The van der Waals surface area contributed by atoms with E-state index < -0.39 is 0 Å². The van der Waals surface area contributed by atoms with E-state index in [-0.39, 0.29) is 22.5 Å². The van der Waals surface area contributed by atoms with Crippen molar-refractivity contribution in [2.75, 3.05) is 6.54 Å². The highest BCUT2D eigenvalue weighted by atomic mass is 32.1. The van der Waals surface area contributed by atoms with E-state index in [2.05, 4.69) is 43.2 Å². The predicted octanol–water partition coefficient (Wildman–Crippen LogP) is 2.02. The van der Waals surface area contributed by atoms with Crippen LogP contribution in [0, 0.1) is 16.7 Å². The first-order valence-electron chi connectivity index (χ1n) is 6.61. The van der Waals surface area contributed by atoms with Gasteiger partial charge in [0, 0.05) is 17.9 Å². The van der Waals surface area contributed by atoms with Gasteiger partial charge in [0.2, 0.25) is 0 Å². The number of hydrazone groups is 1. The molecule has 2 bridgehead atoms. The van der Waals surface area contributed by atoms with Gasteiger partial charge in [-0.15, -0.1) is 6.58 Å². The average Bonchev–Trinajstić information content (AvgIpc) is 2.66. The highest BCUT2D eigenvalue weighted by molar-refractivity contribution is 7.80. The van der Waals surface area contributed by atoms with Crippen molar-refractivity contribution >= 4 is 28.8 Å². The van der Waals surface area contributed by atoms with Gasteiger partial charge in [0.25, 0.3) is 0 Å². The van der Waals surface area contributed by atoms with Gasteiger partial charge < -0.3 is 5.32 Å². The fraction of sp³-hybridized carbons (Fsp3) is 0.643. The van der Waals surface area contributed by atoms with E-state index >= 15 is 0 Å². The van der Waals surface area contributed by atoms with E-state index in [1.165, 1.54) is 0 Å². The average molecular weight is 279 g/mol. The second-order valence-corrected chi connectivity index (χ2v) is 6.49. The van der Waals surface area contributed by atoms with E-state index in [0.29, 0.717) is 17.4 Å². The molecular formula is C14H21N3OS. The van der Waals surface area contributed by atoms with Crippen LogP contribution in [-0.4, -0.2) is 23.2 Å². The number of nitrogens with one attached hydrogen (secondary N) is 2. The summed E-state index contributed by atoms with van der Waals surface area (Å²) in [6.07, 6.45) is 3.71. The Kier molecular flexibility index (Phi) is 3.51. The minimum absolute atomic E-state index is 0.0131. The quantitative estimate of drug-likeness (QED) is 0.471. The Hall–Kier alpha value is -1.23. The molecule has 2 aliphatic carbocycles. The maximum atomic E-state index is 12.5. The van der Waals surface area contributed by atoms with Crippen molar-refractivity contribution in [2.45, 2.75) is 33.6 Å². The third kappa shape index (κ3) is 2.00. The molecule has 2 N–H and O–H groups in total. The number of Topliss-reactive ketones (excluding diaryl/α,β-unsaturated/α-hetero) is 1. The lowest BCUT2D eigenvalue weighted by Gasteiger charge is -2.31. The van der Waals surface area contributed by atoms with Crippen LogP contribution < -0.4 is 10.7 Å². The molecule has 0 saturated heterocycles. The minimum Gasteiger partial charge on any atom is -0.358 e. The Labute approximate surface area is 119 Å². The van der Waals surface area contributed by atoms with Crippen LogP contribution in [0.25, 0.3) is 0 Å². The molecule has 0 aromatic rings. The molecule has 2 unspecified atom stereocenters. The van der Waals surface area contributed by atoms with Crippen molar-refractivity contribution in [2.24, 2.45) is 21.8 Å². The summed E-state index contributed by atoms with van der Waals surface area (Å²) >= 11 is 5.08. The van der Waals surface area contributed by atoms with Crippen LogP contribution in [0.15, 0.2) is 17.8 Å². The number of nitrogens with zero attached hydrogens (tertiary/aromatic N) is 1. The van der Waals surface area contributed by atoms with Crippen molar-refractivity contribution in [1.82, 2.24) is 10.7 Å². The maximum absolute atomic E-state index is 12.5. The summed E-state index contributed by atoms with van der Waals surface area (Å²) < 4.78 is 0. The van der Waals surface area contributed by atoms with Gasteiger partial charge in [0.1, 0.15) is 5.71 Å². The Bertz CT molecular complexity index is 469. The van der Waals surface area contributed by atoms with E-state index in [1.54, 1.807) is 6.08 Å². The summed E-state index contributed by atoms with van der Waals surface area (Å²) in [5.74, 6) is 0.410. The summed E-state index contributed by atoms with van der Waals surface area (Å²) in [5.41, 5.74) is 3.14. The fourth-order valence-electron chi connectivity index (χ4n) is 3.27. The standard InChI is InChI=1S/C14H21N3OS/c1-5-8-15-12(19)17-16-10-9-6-7-14(4,11(10)18)13(9,2)3/h5,9H,1,6-8H2,2-4H3,(H2,15,17,19). The van der Waals surface area contributed by atoms with Crippen LogP contribution in [0.2, 0.25) is 0 Å². The third-order valence-corrected chi connectivity index (χ3v) is 5.21. The third-order valence-electron chi connectivity index (χ3n) is 4.98. The normalized spacial score (nSPS) is 33.5. The number of hydrogen-bond acceptors (Lipinski definition) is 3. The summed E-state index contributed by atoms with van der Waals surface area (Å²) in [4.78, 5) is 12.5. The largest absolute Gasteiger partial charge is 0.358 e. The summed E-state index contributed by atoms with van der Waals surface area (Å²) in [7, 11) is 0. The molecule has 0 radical (unpaired) electrons. The van der Waals surface area contributed by atoms with Crippen molar-refractivity contribution in [3.63, 3.8) is 0 Å². The van der Waals surface area contributed by atoms with E-state index in [1.807, 2.05) is 0 Å². The van der Waals surface area contributed by atoms with Gasteiger partial charge in [-0.3, -0.25) is 10.2 Å². The molecule has 0 spiro atoms. The van der Waals surface area contributed by atoms with Crippen molar-refractivity contribution in [3.8, 4) is 0 Å². The number of rotatable bonds is 3. The summed E-state index contributed by atoms with van der Waals surface area (Å²) in [6, 6.07) is 0. The van der Waals surface area contributed by atoms with Crippen LogP contribution in [0.5, 0.6) is 0 Å². The Morgan fingerprint density at radius 1 is 1.58 bits per heavy atom. The number of hydrogen-bond donors (Lipinski definition) is 2. The zero-order valence-electron chi connectivity index (χ0n) is 11.7. The number of thiocarbonyl (C=S) groups is 1. The smallest absolute Gasteiger partial charge is 0.187 e. The molecule has 0 aromatic carbocycles. The van der Waals surface area contributed by atoms with Gasteiger partial charge in [-0.05, 0) is 30.5 Å². The minimum atomic E-state index is -0.270. The lowest BCUT2D eigenvalue weighted by Crippen LogP contribution is -2.36. The van der Waals surface area contributed by atoms with E-state index in [4.69, 9.17) is 12.2 Å². The van der Waals surface area contributed by atoms with Gasteiger partial charge in [0.15, 0.2) is 10.9 Å². The molecule has 2 fully saturated rings. The van der Waals surface area contributed by atoms with Crippen LogP contribution in [0.4, 0.5) is 0 Å². The number of fused-ring (bicyclic) bond motifs is 2. The second-order valence-electron chi connectivity index (χ2n) is 6.08. The van der Waals surface area contributed by atoms with Crippen molar-refractivity contribution in [3.05, 3.63) is 12.7 Å². The first-order chi connectivity index (χ1) is 8.84. The molecule has 104 valence electrons. The molecular weight excluding hydrogens is 258 g/mol. The first-order valence-corrected chi connectivity index (χ1v) is 7.02. The van der Waals surface area contributed by atoms with Crippen LogP contribution in [0.3, 0.4) is 0 Å². The molecule has 0 aromatic heterocycles. The molecule has 0 heterocycles. The molecule has 5 heteroatoms. The van der Waals surface area contributed by atoms with Gasteiger partial charge >= 0.3 is 0 Å². The molecule has 2 aliphatic rings. The molecule has 2 rings (SSSR count). The zero-order chi connectivity index (χ0) is 14.3. The van der Waals surface area contributed by atoms with Crippen LogP contribution in [0.1, 0.15) is 33.6 Å². The first kappa shape index (κ1) is 14.2. The lowest BCUT2D eigenvalue weighted by molar-refractivity contribution is -0.123. The molecule has 0 aliphatic heterocycles. The lowest BCUT2D eigenvalue weighted by atomic mass is 9.70. The maximum Gasteiger partial charge on any atom is 0.187 e. The van der Waals surface area contributed by atoms with Crippen LogP contribution >= 0.6 is 12.2 Å². The van der Waals surface area contributed by atoms with E-state index in [9.17, 15) is 4.79 Å². The zero-order valence-corrected chi connectivity index (χ0v) is 12.6. The van der Waals surface area contributed by atoms with E-state index in [0.717, 1.165) is 12.8 Å². The van der Waals surface area contributed by atoms with Gasteiger partial charge in [-0.2, -0.15) is 5.10 Å². The Balaban J connectivity index is 2.13. The number of carbonyl (C=O) groups is 1. The second kappa shape index (κ2) is 4.71. The topological polar surface area (TPSA) is 53.5 Å². The molecule has 0 amide bonds. The van der Waals surface area contributed by atoms with Gasteiger partial charge in [0.05, 0.1) is 0 Å². The molecule has 2 saturated carbocycles. The molecule has 2 atom stereocenters. The molecule has 19 heavy (non-hydrogen) atoms. The summed E-state index contributed by atoms with van der Waals surface area (Å²) in [5, 5.41) is 7.61. The Morgan fingerprint density at radius 2 is 2.26 bits per heavy atom. The van der Waals surface area contributed by atoms with Crippen LogP contribution in [-0.2, 0) is 4.79 Å². The highest BCUT2D eigenvalue weighted by Crippen LogP contribution is 2.62. The van der Waals surface area contributed by atoms with Crippen molar-refractivity contribution in [1.29, 1.82) is 0 Å². The fourth-order valence-corrected chi connectivity index (χ4v) is 3.40. The monoisotopic (exact) mass is 279 g/mol. The SMILES string of the molecule is C=CCNC(=S)NN=C1C(=O)C2(C)CCC1C2(C)C. The highest BCUT2D eigenvalue weighted by Gasteiger charge is 2.65. The number of carbonyl (C=O) groups excluding carboxylic acids is 1. The number of ketones is 1. The Morgan fingerprint density at radius 3 is 2.79 bits per heavy atom. The molecule has 4 nitrogen and oxygen atoms in total. The van der Waals surface area contributed by atoms with Crippen molar-refractivity contribution < 1.29 is 4.79 Å². The van der Waals surface area contributed by atoms with Gasteiger partial charge in [-0.1, -0.05) is 26.8 Å². The van der Waals surface area contributed by atoms with Gasteiger partial charge in [-0.25, -0.2) is 0 Å².